The number of isothiocyanates is 1. The van der Waals surface area contributed by atoms with Crippen LogP contribution >= 0.6 is 12.2 Å². The van der Waals surface area contributed by atoms with Crippen LogP contribution in [0.5, 0.6) is 0 Å². The van der Waals surface area contributed by atoms with Crippen molar-refractivity contribution in [1.82, 2.24) is 0 Å². The summed E-state index contributed by atoms with van der Waals surface area (Å²) in [6.07, 6.45) is -4.75. The number of ether oxygens (including phenoxy) is 4. The highest BCUT2D eigenvalue weighted by Crippen LogP contribution is 2.27. The fourth-order valence-electron chi connectivity index (χ4n) is 3.60. The van der Waals surface area contributed by atoms with Crippen molar-refractivity contribution in [2.45, 2.75) is 24.5 Å². The number of carbonyl (C=O) groups excluding carboxylic acids is 3. The van der Waals surface area contributed by atoms with E-state index in [2.05, 4.69) is 10.2 Å². The molecule has 36 heavy (non-hydrogen) atoms. The molecule has 3 aromatic carbocycles. The molecule has 1 saturated heterocycles. The molecule has 0 bridgehead atoms. The summed E-state index contributed by atoms with van der Waals surface area (Å²) >= 11 is 4.73. The van der Waals surface area contributed by atoms with Gasteiger partial charge in [-0.2, -0.15) is 4.99 Å². The monoisotopic (exact) mass is 503 g/mol. The fourth-order valence-corrected chi connectivity index (χ4v) is 3.70. The minimum absolute atomic E-state index is 0.185. The van der Waals surface area contributed by atoms with Crippen LogP contribution in [0.25, 0.3) is 0 Å². The van der Waals surface area contributed by atoms with Gasteiger partial charge in [-0.1, -0.05) is 54.6 Å². The molecule has 8 nitrogen and oxygen atoms in total. The average Bonchev–Trinajstić information content (AvgIpc) is 2.93. The zero-order valence-corrected chi connectivity index (χ0v) is 19.7. The first-order valence-electron chi connectivity index (χ1n) is 11.0. The van der Waals surface area contributed by atoms with Crippen LogP contribution in [-0.2, 0) is 18.9 Å². The van der Waals surface area contributed by atoms with Gasteiger partial charge in [0.05, 0.1) is 28.5 Å². The minimum atomic E-state index is -1.27. The zero-order valence-electron chi connectivity index (χ0n) is 18.9. The minimum Gasteiger partial charge on any atom is -0.452 e. The van der Waals surface area contributed by atoms with Crippen LogP contribution in [0.2, 0.25) is 0 Å². The third-order valence-electron chi connectivity index (χ3n) is 5.36. The van der Waals surface area contributed by atoms with Gasteiger partial charge < -0.3 is 18.9 Å². The van der Waals surface area contributed by atoms with Gasteiger partial charge in [0.1, 0.15) is 0 Å². The van der Waals surface area contributed by atoms with Gasteiger partial charge in [0.2, 0.25) is 0 Å². The van der Waals surface area contributed by atoms with Crippen molar-refractivity contribution in [2.75, 3.05) is 6.61 Å². The third kappa shape index (κ3) is 6.09. The maximum atomic E-state index is 13.0. The standard InChI is InChI=1S/C27H21NO7S/c29-25(18-10-4-1-5-11-18)33-21-16-32-24(28-17-36)23(35-27(31)20-14-8-3-9-15-20)22(21)34-26(30)19-12-6-2-7-13-19/h1-15,21-24H,16H2/t21-,22-,23-,24-/m1/s1. The van der Waals surface area contributed by atoms with E-state index in [0.717, 1.165) is 0 Å². The Balaban J connectivity index is 1.65. The van der Waals surface area contributed by atoms with Crippen molar-refractivity contribution in [3.05, 3.63) is 108 Å². The zero-order chi connectivity index (χ0) is 25.3. The number of hydrogen-bond donors (Lipinski definition) is 0. The van der Waals surface area contributed by atoms with Crippen molar-refractivity contribution < 1.29 is 33.3 Å². The molecule has 0 N–H and O–H groups in total. The van der Waals surface area contributed by atoms with E-state index in [-0.39, 0.29) is 17.7 Å². The Morgan fingerprint density at radius 2 is 1.11 bits per heavy atom. The Morgan fingerprint density at radius 3 is 1.56 bits per heavy atom. The lowest BCUT2D eigenvalue weighted by atomic mass is 10.0. The summed E-state index contributed by atoms with van der Waals surface area (Å²) in [7, 11) is 0. The highest BCUT2D eigenvalue weighted by atomic mass is 32.1. The topological polar surface area (TPSA) is 100 Å². The molecule has 182 valence electrons. The lowest BCUT2D eigenvalue weighted by molar-refractivity contribution is -0.187. The fraction of sp³-hybridized carbons (Fsp3) is 0.185. The van der Waals surface area contributed by atoms with Gasteiger partial charge in [0.15, 0.2) is 24.5 Å². The van der Waals surface area contributed by atoms with Crippen molar-refractivity contribution >= 4 is 35.3 Å². The second-order valence-electron chi connectivity index (χ2n) is 7.73. The maximum Gasteiger partial charge on any atom is 0.338 e. The normalized spacial score (nSPS) is 20.9. The number of thiocarbonyl (C=S) groups is 1. The number of esters is 3. The van der Waals surface area contributed by atoms with Gasteiger partial charge in [-0.05, 0) is 48.6 Å². The number of benzene rings is 3. The van der Waals surface area contributed by atoms with Gasteiger partial charge in [-0.25, -0.2) is 14.4 Å². The largest absolute Gasteiger partial charge is 0.452 e. The van der Waals surface area contributed by atoms with Gasteiger partial charge in [0, 0.05) is 0 Å². The Bertz CT molecular complexity index is 1250. The molecule has 0 aliphatic carbocycles. The number of nitrogens with zero attached hydrogens (tertiary/aromatic N) is 1. The van der Waals surface area contributed by atoms with Gasteiger partial charge >= 0.3 is 17.9 Å². The second kappa shape index (κ2) is 12.0. The molecule has 9 heteroatoms. The van der Waals surface area contributed by atoms with Crippen molar-refractivity contribution in [3.8, 4) is 0 Å². The van der Waals surface area contributed by atoms with E-state index in [1.807, 2.05) is 0 Å². The van der Waals surface area contributed by atoms with Crippen LogP contribution in [0.15, 0.2) is 96.0 Å². The van der Waals surface area contributed by atoms with E-state index in [1.165, 1.54) is 0 Å². The van der Waals surface area contributed by atoms with Crippen LogP contribution in [0.1, 0.15) is 31.1 Å². The quantitative estimate of drug-likeness (QED) is 0.205. The van der Waals surface area contributed by atoms with Gasteiger partial charge in [0.25, 0.3) is 0 Å². The van der Waals surface area contributed by atoms with Crippen LogP contribution in [0, 0.1) is 0 Å². The van der Waals surface area contributed by atoms with Gasteiger partial charge in [-0.3, -0.25) is 0 Å². The second-order valence-corrected chi connectivity index (χ2v) is 7.91. The van der Waals surface area contributed by atoms with E-state index in [1.54, 1.807) is 91.0 Å². The maximum absolute atomic E-state index is 13.0. The molecule has 1 fully saturated rings. The smallest absolute Gasteiger partial charge is 0.338 e. The van der Waals surface area contributed by atoms with E-state index >= 15 is 0 Å². The number of carbonyl (C=O) groups is 3. The molecular formula is C27H21NO7S. The van der Waals surface area contributed by atoms with Crippen molar-refractivity contribution in [3.63, 3.8) is 0 Å². The Morgan fingerprint density at radius 1 is 0.694 bits per heavy atom. The predicted octanol–water partition coefficient (Wildman–Crippen LogP) is 4.12. The lowest BCUT2D eigenvalue weighted by Gasteiger charge is -2.39. The molecule has 0 aromatic heterocycles. The molecule has 4 rings (SSSR count). The molecule has 0 spiro atoms. The van der Waals surface area contributed by atoms with E-state index < -0.39 is 42.4 Å². The first kappa shape index (κ1) is 24.9. The van der Waals surface area contributed by atoms with E-state index in [4.69, 9.17) is 31.2 Å². The summed E-state index contributed by atoms with van der Waals surface area (Å²) in [5, 5.41) is 2.21. The lowest BCUT2D eigenvalue weighted by Crippen LogP contribution is -2.57. The highest BCUT2D eigenvalue weighted by molar-refractivity contribution is 7.78. The molecule has 3 aromatic rings. The van der Waals surface area contributed by atoms with E-state index in [9.17, 15) is 14.4 Å². The molecule has 1 aliphatic rings. The summed E-state index contributed by atoms with van der Waals surface area (Å²) in [5.41, 5.74) is 0.821. The predicted molar refractivity (Wildman–Crippen MR) is 132 cm³/mol. The third-order valence-corrected chi connectivity index (χ3v) is 5.46. The molecule has 0 unspecified atom stereocenters. The van der Waals surface area contributed by atoms with Crippen LogP contribution in [0.4, 0.5) is 0 Å². The average molecular weight is 504 g/mol. The molecule has 0 radical (unpaired) electrons. The summed E-state index contributed by atoms with van der Waals surface area (Å²) < 4.78 is 22.8. The van der Waals surface area contributed by atoms with Crippen LogP contribution in [-0.4, -0.2) is 54.2 Å². The number of hydrogen-bond acceptors (Lipinski definition) is 9. The highest BCUT2D eigenvalue weighted by Gasteiger charge is 2.48. The molecule has 1 heterocycles. The molecule has 0 amide bonds. The van der Waals surface area contributed by atoms with Crippen molar-refractivity contribution in [2.24, 2.45) is 4.99 Å². The summed E-state index contributed by atoms with van der Waals surface area (Å²) in [5.74, 6) is -2.06. The molecular weight excluding hydrogens is 482 g/mol. The molecule has 1 aliphatic heterocycles. The van der Waals surface area contributed by atoms with Crippen molar-refractivity contribution in [1.29, 1.82) is 0 Å². The Kier molecular flexibility index (Phi) is 8.31. The molecule has 0 saturated carbocycles. The Labute approximate surface area is 212 Å². The van der Waals surface area contributed by atoms with Crippen LogP contribution in [0.3, 0.4) is 0 Å². The molecule has 4 atom stereocenters. The number of rotatable bonds is 7. The Hall–Kier alpha value is -4.17. The SMILES string of the molecule is O=C(O[C@@H]1[C@H](OC(=O)c2ccccc2)[C@H](OC(=O)c2ccccc2)CO[C@H]1N=C=S)c1ccccc1. The first-order chi connectivity index (χ1) is 17.6. The first-order valence-corrected chi connectivity index (χ1v) is 11.4. The van der Waals surface area contributed by atoms with Gasteiger partial charge in [-0.15, -0.1) is 0 Å². The van der Waals surface area contributed by atoms with E-state index in [0.29, 0.717) is 5.56 Å². The van der Waals surface area contributed by atoms with Crippen LogP contribution < -0.4 is 0 Å². The summed E-state index contributed by atoms with van der Waals surface area (Å²) in [6, 6.07) is 24.8. The number of aliphatic imine (C=N–C) groups is 1. The summed E-state index contributed by atoms with van der Waals surface area (Å²) in [6.45, 7) is -0.185. The summed E-state index contributed by atoms with van der Waals surface area (Å²) in [4.78, 5) is 42.6.